The van der Waals surface area contributed by atoms with Gasteiger partial charge >= 0.3 is 0 Å². The van der Waals surface area contributed by atoms with Crippen molar-refractivity contribution in [3.8, 4) is 0 Å². The zero-order valence-electron chi connectivity index (χ0n) is 8.12. The third-order valence-electron chi connectivity index (χ3n) is 1.51. The number of aliphatic hydroxyl groups is 6. The summed E-state index contributed by atoms with van der Waals surface area (Å²) in [5.74, 6) is 0. The highest BCUT2D eigenvalue weighted by Gasteiger charge is 2.29. The van der Waals surface area contributed by atoms with E-state index in [1.807, 2.05) is 0 Å². The second kappa shape index (κ2) is 9.21. The molecule has 0 bridgehead atoms. The fourth-order valence-electron chi connectivity index (χ4n) is 0.671. The lowest BCUT2D eigenvalue weighted by Crippen LogP contribution is -2.46. The minimum atomic E-state index is -1.67. The number of hydrogen-bond donors (Lipinski definition) is 7. The van der Waals surface area contributed by atoms with E-state index in [9.17, 15) is 0 Å². The van der Waals surface area contributed by atoms with E-state index in [1.165, 1.54) is 0 Å². The van der Waals surface area contributed by atoms with Crippen LogP contribution in [-0.2, 0) is 0 Å². The molecule has 0 radical (unpaired) electrons. The highest BCUT2D eigenvalue weighted by Crippen LogP contribution is 2.03. The zero-order valence-corrected chi connectivity index (χ0v) is 8.12. The Morgan fingerprint density at radius 1 is 0.938 bits per heavy atom. The lowest BCUT2D eigenvalue weighted by Gasteiger charge is -2.24. The van der Waals surface area contributed by atoms with Crippen molar-refractivity contribution in [1.82, 2.24) is 0 Å². The van der Waals surface area contributed by atoms with Crippen LogP contribution in [0.5, 0.6) is 0 Å². The maximum Gasteiger partial charge on any atom is 0.291 e. The minimum Gasteiger partial charge on any atom is -0.394 e. The van der Waals surface area contributed by atoms with E-state index in [0.29, 0.717) is 0 Å². The Morgan fingerprint density at radius 2 is 1.12 bits per heavy atom. The summed E-state index contributed by atoms with van der Waals surface area (Å²) in [5, 5.41) is 65.8. The van der Waals surface area contributed by atoms with Crippen LogP contribution in [0.1, 0.15) is 0 Å². The topological polar surface area (TPSA) is 185 Å². The second-order valence-electron chi connectivity index (χ2n) is 2.72. The van der Waals surface area contributed by atoms with Crippen LogP contribution in [0.4, 0.5) is 0 Å². The summed E-state index contributed by atoms with van der Waals surface area (Å²) >= 11 is 0. The molecule has 0 rings (SSSR count). The molecule has 0 fully saturated rings. The monoisotopic (exact) mass is 245 g/mol. The number of rotatable bonds is 5. The van der Waals surface area contributed by atoms with Crippen LogP contribution in [0.2, 0.25) is 0 Å². The quantitative estimate of drug-likeness (QED) is 0.187. The van der Waals surface area contributed by atoms with Crippen molar-refractivity contribution in [3.63, 3.8) is 0 Å². The fourth-order valence-corrected chi connectivity index (χ4v) is 0.671. The third-order valence-corrected chi connectivity index (χ3v) is 1.51. The predicted octanol–water partition coefficient (Wildman–Crippen LogP) is -3.93. The van der Waals surface area contributed by atoms with Crippen molar-refractivity contribution in [2.45, 2.75) is 24.4 Å². The highest BCUT2D eigenvalue weighted by molar-refractivity contribution is 4.79. The summed E-state index contributed by atoms with van der Waals surface area (Å²) in [6.45, 7) is -1.45. The molecule has 0 amide bonds. The Morgan fingerprint density at radius 3 is 1.25 bits per heavy atom. The smallest absolute Gasteiger partial charge is 0.291 e. The van der Waals surface area contributed by atoms with E-state index in [0.717, 1.165) is 0 Å². The molecule has 0 heterocycles. The van der Waals surface area contributed by atoms with Crippen LogP contribution < -0.4 is 0 Å². The number of aliphatic hydroxyl groups excluding tert-OH is 6. The van der Waals surface area contributed by atoms with Crippen molar-refractivity contribution < 1.29 is 40.9 Å². The summed E-state index contributed by atoms with van der Waals surface area (Å²) in [5.41, 5.74) is 0. The van der Waals surface area contributed by atoms with Crippen LogP contribution in [-0.4, -0.2) is 78.6 Å². The van der Waals surface area contributed by atoms with Gasteiger partial charge in [-0.05, 0) is 0 Å². The molecule has 0 aromatic carbocycles. The van der Waals surface area contributed by atoms with Crippen LogP contribution in [0.3, 0.4) is 0 Å². The molecule has 0 saturated carbocycles. The summed E-state index contributed by atoms with van der Waals surface area (Å²) in [7, 11) is 0. The first kappa shape index (κ1) is 17.4. The largest absolute Gasteiger partial charge is 0.394 e. The highest BCUT2D eigenvalue weighted by atomic mass is 16.9. The number of nitrogens with zero attached hydrogens (tertiary/aromatic N) is 1. The van der Waals surface area contributed by atoms with E-state index >= 15 is 0 Å². The normalized spacial score (nSPS) is 17.6. The van der Waals surface area contributed by atoms with E-state index in [4.69, 9.17) is 46.0 Å². The van der Waals surface area contributed by atoms with Gasteiger partial charge in [0.05, 0.1) is 13.2 Å². The molecule has 7 N–H and O–H groups in total. The van der Waals surface area contributed by atoms with Gasteiger partial charge < -0.3 is 35.8 Å². The van der Waals surface area contributed by atoms with Gasteiger partial charge in [-0.25, -0.2) is 0 Å². The Labute approximate surface area is 89.7 Å². The summed E-state index contributed by atoms with van der Waals surface area (Å²) in [6.07, 6.45) is -6.39. The summed E-state index contributed by atoms with van der Waals surface area (Å²) < 4.78 is 0. The molecule has 0 aliphatic rings. The first-order chi connectivity index (χ1) is 7.27. The van der Waals surface area contributed by atoms with E-state index in [2.05, 4.69) is 0 Å². The standard InChI is InChI=1S/C6H14O6.HNO3/c7-1-3(9)5(11)6(12)4(10)2-8;2-1(3)4/h3-12H,1-2H2;(H,2,3,4)/t3-,4+,5-,6-;/m1./s1. The molecule has 0 saturated heterocycles. The first-order valence-electron chi connectivity index (χ1n) is 4.05. The zero-order chi connectivity index (χ0) is 13.3. The molecular weight excluding hydrogens is 230 g/mol. The molecule has 10 heteroatoms. The Kier molecular flexibility index (Phi) is 9.99. The average molecular weight is 245 g/mol. The maximum absolute atomic E-state index is 8.96. The average Bonchev–Trinajstić information content (AvgIpc) is 2.24. The number of hydrogen-bond acceptors (Lipinski definition) is 8. The van der Waals surface area contributed by atoms with Crippen molar-refractivity contribution in [1.29, 1.82) is 0 Å². The molecule has 98 valence electrons. The predicted molar refractivity (Wildman–Crippen MR) is 47.0 cm³/mol. The summed E-state index contributed by atoms with van der Waals surface area (Å²) in [4.78, 5) is 8.36. The van der Waals surface area contributed by atoms with Crippen LogP contribution in [0.15, 0.2) is 0 Å². The fraction of sp³-hybridized carbons (Fsp3) is 1.00. The Hall–Kier alpha value is -1.04. The van der Waals surface area contributed by atoms with Gasteiger partial charge in [0, 0.05) is 0 Å². The Bertz CT molecular complexity index is 171. The van der Waals surface area contributed by atoms with Gasteiger partial charge in [-0.3, -0.25) is 0 Å². The lowest BCUT2D eigenvalue weighted by atomic mass is 10.0. The molecule has 0 unspecified atom stereocenters. The molecular formula is C6H15NO9. The van der Waals surface area contributed by atoms with Gasteiger partial charge in [0.15, 0.2) is 0 Å². The van der Waals surface area contributed by atoms with Gasteiger partial charge in [0.1, 0.15) is 24.4 Å². The van der Waals surface area contributed by atoms with Crippen molar-refractivity contribution >= 4 is 0 Å². The van der Waals surface area contributed by atoms with Gasteiger partial charge in [-0.15, -0.1) is 10.1 Å². The van der Waals surface area contributed by atoms with Crippen molar-refractivity contribution in [3.05, 3.63) is 10.1 Å². The van der Waals surface area contributed by atoms with Gasteiger partial charge in [-0.2, -0.15) is 0 Å². The van der Waals surface area contributed by atoms with Gasteiger partial charge in [-0.1, -0.05) is 0 Å². The van der Waals surface area contributed by atoms with E-state index < -0.39 is 42.7 Å². The first-order valence-corrected chi connectivity index (χ1v) is 4.05. The molecule has 0 aromatic heterocycles. The SMILES string of the molecule is O=[N+]([O-])O.OC[C@@H](O)[C@@H](O)[C@H](O)[C@@H](O)CO. The van der Waals surface area contributed by atoms with Crippen LogP contribution in [0, 0.1) is 10.1 Å². The third kappa shape index (κ3) is 8.28. The van der Waals surface area contributed by atoms with Gasteiger partial charge in [0.25, 0.3) is 5.09 Å². The minimum absolute atomic E-state index is 0.726. The van der Waals surface area contributed by atoms with Crippen molar-refractivity contribution in [2.24, 2.45) is 0 Å². The van der Waals surface area contributed by atoms with Crippen LogP contribution in [0.25, 0.3) is 0 Å². The molecule has 0 spiro atoms. The van der Waals surface area contributed by atoms with Gasteiger partial charge in [0.2, 0.25) is 0 Å². The summed E-state index contributed by atoms with van der Waals surface area (Å²) in [6, 6.07) is 0. The molecule has 0 aromatic rings. The van der Waals surface area contributed by atoms with E-state index in [1.54, 1.807) is 0 Å². The molecule has 10 nitrogen and oxygen atoms in total. The van der Waals surface area contributed by atoms with Crippen LogP contribution >= 0.6 is 0 Å². The lowest BCUT2D eigenvalue weighted by molar-refractivity contribution is -0.742. The molecule has 4 atom stereocenters. The van der Waals surface area contributed by atoms with E-state index in [-0.39, 0.29) is 0 Å². The maximum atomic E-state index is 8.96. The van der Waals surface area contributed by atoms with Crippen molar-refractivity contribution in [2.75, 3.05) is 13.2 Å². The Balaban J connectivity index is 0. The molecule has 16 heavy (non-hydrogen) atoms. The molecule has 0 aliphatic heterocycles. The second-order valence-corrected chi connectivity index (χ2v) is 2.72. The molecule has 0 aliphatic carbocycles.